The molecule has 2 nitrogen and oxygen atoms in total. The molecule has 2 heterocycles. The molecule has 0 bridgehead atoms. The first kappa shape index (κ1) is 27.9. The van der Waals surface area contributed by atoms with Crippen LogP contribution in [0.5, 0.6) is 0 Å². The summed E-state index contributed by atoms with van der Waals surface area (Å²) in [5, 5.41) is 7.56. The van der Waals surface area contributed by atoms with E-state index < -0.39 is 0 Å². The average molecular weight is 643 g/mol. The van der Waals surface area contributed by atoms with Crippen molar-refractivity contribution in [3.8, 4) is 16.8 Å². The molecule has 8 aromatic carbocycles. The van der Waals surface area contributed by atoms with Gasteiger partial charge in [0.05, 0.1) is 22.4 Å². The number of thiophene rings is 1. The SMILES string of the molecule is c1ccc(-c2cccc(N(c3cc4ccccc4c4sc5ccccc5c34)c3cccc4c3c3ccccc3n4-c3ccccc3)c2)cc1. The maximum atomic E-state index is 2.52. The predicted molar refractivity (Wildman–Crippen MR) is 211 cm³/mol. The van der Waals surface area contributed by atoms with Gasteiger partial charge in [-0.1, -0.05) is 127 Å². The van der Waals surface area contributed by atoms with E-state index in [-0.39, 0.29) is 0 Å². The first-order valence-electron chi connectivity index (χ1n) is 16.7. The second-order valence-electron chi connectivity index (χ2n) is 12.5. The molecule has 10 rings (SSSR count). The van der Waals surface area contributed by atoms with Crippen LogP contribution < -0.4 is 4.90 Å². The predicted octanol–water partition coefficient (Wildman–Crippen LogP) is 13.4. The molecular formula is C46H30N2S. The maximum absolute atomic E-state index is 2.52. The minimum Gasteiger partial charge on any atom is -0.309 e. The van der Waals surface area contributed by atoms with Gasteiger partial charge in [0.1, 0.15) is 0 Å². The van der Waals surface area contributed by atoms with Gasteiger partial charge in [-0.05, 0) is 76.5 Å². The van der Waals surface area contributed by atoms with Crippen LogP contribution in [0, 0.1) is 0 Å². The number of benzene rings is 8. The average Bonchev–Trinajstić information content (AvgIpc) is 3.73. The van der Waals surface area contributed by atoms with Gasteiger partial charge < -0.3 is 9.47 Å². The highest BCUT2D eigenvalue weighted by atomic mass is 32.1. The Kier molecular flexibility index (Phi) is 6.39. The lowest BCUT2D eigenvalue weighted by molar-refractivity contribution is 1.18. The number of anilines is 3. The summed E-state index contributed by atoms with van der Waals surface area (Å²) in [4.78, 5) is 2.52. The molecule has 2 aromatic heterocycles. The Morgan fingerprint density at radius 2 is 1.08 bits per heavy atom. The fourth-order valence-corrected chi connectivity index (χ4v) is 8.88. The highest BCUT2D eigenvalue weighted by Gasteiger charge is 2.24. The first-order valence-corrected chi connectivity index (χ1v) is 17.5. The fraction of sp³-hybridized carbons (Fsp3) is 0. The van der Waals surface area contributed by atoms with Gasteiger partial charge in [0.15, 0.2) is 0 Å². The van der Waals surface area contributed by atoms with E-state index >= 15 is 0 Å². The summed E-state index contributed by atoms with van der Waals surface area (Å²) < 4.78 is 5.02. The molecule has 0 aliphatic carbocycles. The standard InChI is InChI=1S/C46H30N2S/c1-3-15-31(16-4-1)32-18-13-21-35(29-32)48(42-30-33-17-7-8-22-36(33)46-45(42)38-24-10-12-28-43(38)49-46)41-27-14-26-40-44(41)37-23-9-11-25-39(37)47(40)34-19-5-2-6-20-34/h1-30H. The van der Waals surface area contributed by atoms with E-state index in [1.54, 1.807) is 0 Å². The van der Waals surface area contributed by atoms with Crippen LogP contribution >= 0.6 is 11.3 Å². The van der Waals surface area contributed by atoms with E-state index in [4.69, 9.17) is 0 Å². The number of hydrogen-bond donors (Lipinski definition) is 0. The van der Waals surface area contributed by atoms with Crippen molar-refractivity contribution >= 4 is 81.1 Å². The zero-order valence-corrected chi connectivity index (χ0v) is 27.4. The maximum Gasteiger partial charge on any atom is 0.0562 e. The zero-order valence-electron chi connectivity index (χ0n) is 26.6. The van der Waals surface area contributed by atoms with Crippen molar-refractivity contribution in [2.45, 2.75) is 0 Å². The lowest BCUT2D eigenvalue weighted by atomic mass is 10.00. The first-order chi connectivity index (χ1) is 24.3. The molecule has 0 atom stereocenters. The van der Waals surface area contributed by atoms with Crippen LogP contribution in [0.4, 0.5) is 17.1 Å². The summed E-state index contributed by atoms with van der Waals surface area (Å²) in [6.45, 7) is 0. The van der Waals surface area contributed by atoms with Crippen molar-refractivity contribution < 1.29 is 0 Å². The van der Waals surface area contributed by atoms with Crippen molar-refractivity contribution in [2.24, 2.45) is 0 Å². The monoisotopic (exact) mass is 642 g/mol. The minimum absolute atomic E-state index is 1.12. The number of fused-ring (bicyclic) bond motifs is 8. The second kappa shape index (κ2) is 11.2. The lowest BCUT2D eigenvalue weighted by Crippen LogP contribution is -2.11. The lowest BCUT2D eigenvalue weighted by Gasteiger charge is -2.28. The Morgan fingerprint density at radius 1 is 0.429 bits per heavy atom. The Bertz CT molecular complexity index is 2830. The van der Waals surface area contributed by atoms with Crippen molar-refractivity contribution in [3.63, 3.8) is 0 Å². The number of hydrogen-bond acceptors (Lipinski definition) is 2. The summed E-state index contributed by atoms with van der Waals surface area (Å²) in [7, 11) is 0. The van der Waals surface area contributed by atoms with Crippen LogP contribution in [0.3, 0.4) is 0 Å². The second-order valence-corrected chi connectivity index (χ2v) is 13.6. The molecule has 0 saturated heterocycles. The van der Waals surface area contributed by atoms with E-state index in [2.05, 4.69) is 191 Å². The van der Waals surface area contributed by atoms with Gasteiger partial charge in [-0.25, -0.2) is 0 Å². The fourth-order valence-electron chi connectivity index (χ4n) is 7.62. The number of aromatic nitrogens is 1. The van der Waals surface area contributed by atoms with E-state index in [0.29, 0.717) is 0 Å². The Morgan fingerprint density at radius 3 is 1.94 bits per heavy atom. The van der Waals surface area contributed by atoms with E-state index in [1.165, 1.54) is 69.6 Å². The smallest absolute Gasteiger partial charge is 0.0562 e. The van der Waals surface area contributed by atoms with Crippen LogP contribution in [0.2, 0.25) is 0 Å². The molecule has 0 fully saturated rings. The minimum atomic E-state index is 1.12. The van der Waals surface area contributed by atoms with Crippen molar-refractivity contribution in [1.29, 1.82) is 0 Å². The summed E-state index contributed by atoms with van der Waals surface area (Å²) in [6.07, 6.45) is 0. The quantitative estimate of drug-likeness (QED) is 0.181. The molecule has 0 spiro atoms. The zero-order chi connectivity index (χ0) is 32.3. The molecule has 49 heavy (non-hydrogen) atoms. The van der Waals surface area contributed by atoms with Crippen LogP contribution in [0.1, 0.15) is 0 Å². The molecular weight excluding hydrogens is 613 g/mol. The molecule has 3 heteroatoms. The van der Waals surface area contributed by atoms with Gasteiger partial charge in [0.25, 0.3) is 0 Å². The summed E-state index contributed by atoms with van der Waals surface area (Å²) >= 11 is 1.89. The Hall–Kier alpha value is -6.16. The number of rotatable bonds is 5. The van der Waals surface area contributed by atoms with Crippen LogP contribution in [0.15, 0.2) is 182 Å². The third-order valence-electron chi connectivity index (χ3n) is 9.73. The third-order valence-corrected chi connectivity index (χ3v) is 10.9. The van der Waals surface area contributed by atoms with E-state index in [0.717, 1.165) is 17.1 Å². The van der Waals surface area contributed by atoms with Gasteiger partial charge >= 0.3 is 0 Å². The largest absolute Gasteiger partial charge is 0.309 e. The molecule has 0 aliphatic heterocycles. The highest BCUT2D eigenvalue weighted by molar-refractivity contribution is 7.26. The molecule has 0 amide bonds. The number of para-hydroxylation sites is 2. The van der Waals surface area contributed by atoms with Crippen LogP contribution in [0.25, 0.3) is 69.6 Å². The van der Waals surface area contributed by atoms with Gasteiger partial charge in [-0.15, -0.1) is 11.3 Å². The van der Waals surface area contributed by atoms with Gasteiger partial charge in [0.2, 0.25) is 0 Å². The summed E-state index contributed by atoms with van der Waals surface area (Å²) in [5.74, 6) is 0. The topological polar surface area (TPSA) is 8.17 Å². The highest BCUT2D eigenvalue weighted by Crippen LogP contribution is 2.50. The van der Waals surface area contributed by atoms with Crippen molar-refractivity contribution in [3.05, 3.63) is 182 Å². The summed E-state index contributed by atoms with van der Waals surface area (Å²) in [5.41, 5.74) is 9.38. The van der Waals surface area contributed by atoms with Crippen LogP contribution in [-0.2, 0) is 0 Å². The van der Waals surface area contributed by atoms with Crippen molar-refractivity contribution in [1.82, 2.24) is 4.57 Å². The summed E-state index contributed by atoms with van der Waals surface area (Å²) in [6, 6.07) is 66.1. The van der Waals surface area contributed by atoms with E-state index in [9.17, 15) is 0 Å². The van der Waals surface area contributed by atoms with E-state index in [1.807, 2.05) is 11.3 Å². The van der Waals surface area contributed by atoms with Crippen LogP contribution in [-0.4, -0.2) is 4.57 Å². The van der Waals surface area contributed by atoms with Gasteiger partial charge in [0, 0.05) is 42.3 Å². The van der Waals surface area contributed by atoms with Gasteiger partial charge in [-0.2, -0.15) is 0 Å². The normalized spacial score (nSPS) is 11.7. The molecule has 0 N–H and O–H groups in total. The molecule has 0 radical (unpaired) electrons. The molecule has 0 saturated carbocycles. The third kappa shape index (κ3) is 4.40. The molecule has 0 unspecified atom stereocenters. The molecule has 230 valence electrons. The number of nitrogens with zero attached hydrogens (tertiary/aromatic N) is 2. The van der Waals surface area contributed by atoms with Gasteiger partial charge in [-0.3, -0.25) is 0 Å². The Labute approximate surface area is 288 Å². The molecule has 0 aliphatic rings. The Balaban J connectivity index is 1.36. The molecule has 10 aromatic rings. The van der Waals surface area contributed by atoms with Crippen molar-refractivity contribution in [2.75, 3.05) is 4.90 Å².